The molecule has 1 aliphatic heterocycles. The zero-order chi connectivity index (χ0) is 21.2. The van der Waals surface area contributed by atoms with Crippen molar-refractivity contribution in [3.63, 3.8) is 0 Å². The van der Waals surface area contributed by atoms with E-state index < -0.39 is 0 Å². The first-order valence-corrected chi connectivity index (χ1v) is 12.6. The molecule has 4 nitrogen and oxygen atoms in total. The van der Waals surface area contributed by atoms with Crippen molar-refractivity contribution in [2.45, 2.75) is 51.0 Å². The molecule has 164 valence electrons. The first kappa shape index (κ1) is 19.7. The highest BCUT2D eigenvalue weighted by Crippen LogP contribution is 2.61. The maximum atomic E-state index is 14.3. The van der Waals surface area contributed by atoms with Gasteiger partial charge in [0, 0.05) is 11.4 Å². The van der Waals surface area contributed by atoms with Gasteiger partial charge in [-0.25, -0.2) is 0 Å². The lowest BCUT2D eigenvalue weighted by molar-refractivity contribution is -0.159. The van der Waals surface area contributed by atoms with Gasteiger partial charge in [-0.3, -0.25) is 4.79 Å². The van der Waals surface area contributed by atoms with E-state index in [1.807, 2.05) is 0 Å². The summed E-state index contributed by atoms with van der Waals surface area (Å²) in [5, 5.41) is 2.12. The molecule has 4 saturated carbocycles. The molecule has 31 heavy (non-hydrogen) atoms. The van der Waals surface area contributed by atoms with Gasteiger partial charge in [0.25, 0.3) is 0 Å². The van der Waals surface area contributed by atoms with Crippen molar-refractivity contribution in [2.24, 2.45) is 23.2 Å². The van der Waals surface area contributed by atoms with E-state index >= 15 is 0 Å². The summed E-state index contributed by atoms with van der Waals surface area (Å²) >= 11 is 1.75. The van der Waals surface area contributed by atoms with Crippen LogP contribution in [0.25, 0.3) is 0 Å². The van der Waals surface area contributed by atoms with Gasteiger partial charge < -0.3 is 14.4 Å². The second-order valence-electron chi connectivity index (χ2n) is 10.3. The Morgan fingerprint density at radius 2 is 1.68 bits per heavy atom. The third-order valence-corrected chi connectivity index (χ3v) is 9.36. The van der Waals surface area contributed by atoms with E-state index in [9.17, 15) is 4.79 Å². The lowest BCUT2D eigenvalue weighted by Crippen LogP contribution is -2.56. The lowest BCUT2D eigenvalue weighted by atomic mass is 9.49. The molecule has 4 aliphatic carbocycles. The van der Waals surface area contributed by atoms with Crippen molar-refractivity contribution in [3.8, 4) is 11.5 Å². The number of amides is 1. The molecule has 0 N–H and O–H groups in total. The van der Waals surface area contributed by atoms with Crippen LogP contribution in [0.15, 0.2) is 29.6 Å². The average Bonchev–Trinajstić information content (AvgIpc) is 3.30. The molecule has 2 aromatic rings. The minimum absolute atomic E-state index is 0.0240. The molecule has 1 amide bonds. The maximum absolute atomic E-state index is 14.3. The first-order valence-electron chi connectivity index (χ1n) is 11.7. The molecule has 5 aliphatic rings. The number of carbonyl (C=O) groups is 1. The van der Waals surface area contributed by atoms with Gasteiger partial charge in [0.2, 0.25) is 5.91 Å². The van der Waals surface area contributed by atoms with E-state index in [0.29, 0.717) is 5.91 Å². The first-order chi connectivity index (χ1) is 15.1. The SMILES string of the molecule is COc1cc2c(cc1OC)[C@@H](c1cccs1)N(C(=O)C13CC4CC(CC(C4)C1)C3)CC2. The Morgan fingerprint density at radius 1 is 1.03 bits per heavy atom. The molecule has 0 spiro atoms. The summed E-state index contributed by atoms with van der Waals surface area (Å²) in [5.41, 5.74) is 2.35. The highest BCUT2D eigenvalue weighted by molar-refractivity contribution is 7.10. The maximum Gasteiger partial charge on any atom is 0.229 e. The van der Waals surface area contributed by atoms with Gasteiger partial charge in [-0.2, -0.15) is 0 Å². The number of hydrogen-bond acceptors (Lipinski definition) is 4. The molecule has 4 fully saturated rings. The van der Waals surface area contributed by atoms with Crippen molar-refractivity contribution in [3.05, 3.63) is 45.6 Å². The molecule has 1 aromatic heterocycles. The Morgan fingerprint density at radius 3 is 2.26 bits per heavy atom. The van der Waals surface area contributed by atoms with Crippen molar-refractivity contribution < 1.29 is 14.3 Å². The molecule has 0 saturated heterocycles. The van der Waals surface area contributed by atoms with E-state index in [1.165, 1.54) is 35.3 Å². The van der Waals surface area contributed by atoms with Crippen LogP contribution in [0, 0.1) is 23.2 Å². The molecule has 1 aromatic carbocycles. The number of carbonyl (C=O) groups excluding carboxylic acids is 1. The second kappa shape index (κ2) is 7.26. The second-order valence-corrected chi connectivity index (χ2v) is 11.2. The van der Waals surface area contributed by atoms with Gasteiger partial charge in [-0.1, -0.05) is 6.07 Å². The number of thiophene rings is 1. The molecule has 7 rings (SSSR count). The topological polar surface area (TPSA) is 38.8 Å². The predicted octanol–water partition coefficient (Wildman–Crippen LogP) is 5.46. The highest BCUT2D eigenvalue weighted by atomic mass is 32.1. The van der Waals surface area contributed by atoms with Crippen LogP contribution >= 0.6 is 11.3 Å². The molecule has 2 heterocycles. The van der Waals surface area contributed by atoms with Crippen molar-refractivity contribution in [1.82, 2.24) is 4.90 Å². The average molecular weight is 438 g/mol. The number of hydrogen-bond donors (Lipinski definition) is 0. The highest BCUT2D eigenvalue weighted by Gasteiger charge is 2.56. The lowest BCUT2D eigenvalue weighted by Gasteiger charge is -2.57. The summed E-state index contributed by atoms with van der Waals surface area (Å²) in [6.07, 6.45) is 8.30. The van der Waals surface area contributed by atoms with Gasteiger partial charge in [-0.05, 0) is 97.4 Å². The molecule has 0 radical (unpaired) electrons. The Hall–Kier alpha value is -2.01. The Kier molecular flexibility index (Phi) is 4.60. The quantitative estimate of drug-likeness (QED) is 0.638. The third-order valence-electron chi connectivity index (χ3n) is 8.44. The molecule has 5 heteroatoms. The third kappa shape index (κ3) is 3.03. The largest absolute Gasteiger partial charge is 0.493 e. The number of fused-ring (bicyclic) bond motifs is 1. The number of rotatable bonds is 4. The van der Waals surface area contributed by atoms with Gasteiger partial charge in [-0.15, -0.1) is 11.3 Å². The minimum atomic E-state index is -0.113. The van der Waals surface area contributed by atoms with Crippen LogP contribution < -0.4 is 9.47 Å². The fraction of sp³-hybridized carbons (Fsp3) is 0.577. The van der Waals surface area contributed by atoms with Crippen LogP contribution in [0.3, 0.4) is 0 Å². The Balaban J connectivity index is 1.42. The summed E-state index contributed by atoms with van der Waals surface area (Å²) in [6, 6.07) is 8.48. The molecule has 0 unspecified atom stereocenters. The van der Waals surface area contributed by atoms with E-state index in [0.717, 1.165) is 61.5 Å². The zero-order valence-electron chi connectivity index (χ0n) is 18.4. The number of benzene rings is 1. The van der Waals surface area contributed by atoms with Gasteiger partial charge in [0.05, 0.1) is 25.7 Å². The van der Waals surface area contributed by atoms with Gasteiger partial charge >= 0.3 is 0 Å². The zero-order valence-corrected chi connectivity index (χ0v) is 19.2. The standard InChI is InChI=1S/C26H31NO3S/c1-29-21-11-19-5-6-27(24(23-4-3-7-31-23)20(19)12-22(21)30-2)25(28)26-13-16-8-17(14-26)10-18(9-16)15-26/h3-4,7,11-12,16-18,24H,5-6,8-10,13-15H2,1-2H3/t16?,17?,18?,24-,26?/m0/s1. The number of ether oxygens (including phenoxy) is 2. The molecule has 1 atom stereocenters. The van der Waals surface area contributed by atoms with E-state index in [-0.39, 0.29) is 11.5 Å². The Labute approximate surface area is 188 Å². The predicted molar refractivity (Wildman–Crippen MR) is 122 cm³/mol. The number of nitrogens with zero attached hydrogens (tertiary/aromatic N) is 1. The smallest absolute Gasteiger partial charge is 0.229 e. The fourth-order valence-corrected chi connectivity index (χ4v) is 8.45. The van der Waals surface area contributed by atoms with Crippen LogP contribution in [0.4, 0.5) is 0 Å². The summed E-state index contributed by atoms with van der Waals surface area (Å²) in [5.74, 6) is 4.26. The van der Waals surface area contributed by atoms with E-state index in [2.05, 4.69) is 34.5 Å². The molecular formula is C26H31NO3S. The monoisotopic (exact) mass is 437 g/mol. The van der Waals surface area contributed by atoms with E-state index in [1.54, 1.807) is 25.6 Å². The van der Waals surface area contributed by atoms with Crippen LogP contribution in [0.5, 0.6) is 11.5 Å². The summed E-state index contributed by atoms with van der Waals surface area (Å²) in [6.45, 7) is 0.783. The summed E-state index contributed by atoms with van der Waals surface area (Å²) < 4.78 is 11.2. The molecule has 4 bridgehead atoms. The normalized spacial score (nSPS) is 33.3. The minimum Gasteiger partial charge on any atom is -0.493 e. The number of methoxy groups -OCH3 is 2. The van der Waals surface area contributed by atoms with Crippen LogP contribution in [-0.2, 0) is 11.2 Å². The van der Waals surface area contributed by atoms with Crippen molar-refractivity contribution in [2.75, 3.05) is 20.8 Å². The van der Waals surface area contributed by atoms with Crippen LogP contribution in [-0.4, -0.2) is 31.6 Å². The Bertz CT molecular complexity index is 963. The van der Waals surface area contributed by atoms with Crippen LogP contribution in [0.2, 0.25) is 0 Å². The van der Waals surface area contributed by atoms with Gasteiger partial charge in [0.1, 0.15) is 0 Å². The van der Waals surface area contributed by atoms with E-state index in [4.69, 9.17) is 9.47 Å². The fourth-order valence-electron chi connectivity index (χ4n) is 7.60. The van der Waals surface area contributed by atoms with Crippen LogP contribution in [0.1, 0.15) is 60.6 Å². The van der Waals surface area contributed by atoms with Crippen molar-refractivity contribution in [1.29, 1.82) is 0 Å². The van der Waals surface area contributed by atoms with Gasteiger partial charge in [0.15, 0.2) is 11.5 Å². The summed E-state index contributed by atoms with van der Waals surface area (Å²) in [7, 11) is 3.37. The van der Waals surface area contributed by atoms with Crippen molar-refractivity contribution >= 4 is 17.2 Å². The molecular weight excluding hydrogens is 406 g/mol. The summed E-state index contributed by atoms with van der Waals surface area (Å²) in [4.78, 5) is 17.8.